The van der Waals surface area contributed by atoms with E-state index in [1.165, 1.54) is 13.8 Å². The molecule has 0 rings (SSSR count). The van der Waals surface area contributed by atoms with Gasteiger partial charge in [-0.1, -0.05) is 54.4 Å². The molecular formula is C27H49N7O8. The predicted octanol–water partition coefficient (Wildman–Crippen LogP) is -1.64. The van der Waals surface area contributed by atoms with Crippen molar-refractivity contribution in [1.82, 2.24) is 31.9 Å². The van der Waals surface area contributed by atoms with Crippen molar-refractivity contribution in [3.63, 3.8) is 0 Å². The molecule has 0 spiro atoms. The number of rotatable bonds is 18. The molecule has 240 valence electrons. The van der Waals surface area contributed by atoms with E-state index in [1.54, 1.807) is 34.6 Å². The average molecular weight is 600 g/mol. The maximum atomic E-state index is 12.7. The zero-order valence-corrected chi connectivity index (χ0v) is 25.8. The Kier molecular flexibility index (Phi) is 17.0. The van der Waals surface area contributed by atoms with Gasteiger partial charge < -0.3 is 42.7 Å². The molecule has 0 aromatic heterocycles. The standard InChI is InChI=1S/C27H49N7O8/c1-9-14(5)21(33-23(37)16(7)28)26(40)31-17(8)24(38)30-11-18(35)29-12-19(36)32-20(13(3)4)25(39)34-22(27(41)42)15(6)10-2/h13-17,20-22H,9-12,28H2,1-8H3,(H,29,35)(H,30,38)(H,31,40)(H,32,36)(H,33,37)(H,34,39)(H,41,42)/t14-,15-,16-,17-,20-,21-,22-/m0/s1. The van der Waals surface area contributed by atoms with E-state index in [2.05, 4.69) is 31.9 Å². The van der Waals surface area contributed by atoms with Crippen LogP contribution in [0.4, 0.5) is 0 Å². The zero-order valence-electron chi connectivity index (χ0n) is 25.8. The summed E-state index contributed by atoms with van der Waals surface area (Å²) >= 11 is 0. The highest BCUT2D eigenvalue weighted by molar-refractivity contribution is 5.95. The second-order valence-corrected chi connectivity index (χ2v) is 10.9. The summed E-state index contributed by atoms with van der Waals surface area (Å²) in [7, 11) is 0. The van der Waals surface area contributed by atoms with Gasteiger partial charge in [0, 0.05) is 0 Å². The molecule has 0 radical (unpaired) electrons. The van der Waals surface area contributed by atoms with E-state index >= 15 is 0 Å². The molecule has 7 atom stereocenters. The van der Waals surface area contributed by atoms with Gasteiger partial charge in [0.25, 0.3) is 0 Å². The third kappa shape index (κ3) is 13.3. The first-order valence-electron chi connectivity index (χ1n) is 14.2. The molecule has 0 fully saturated rings. The fraction of sp³-hybridized carbons (Fsp3) is 0.741. The summed E-state index contributed by atoms with van der Waals surface area (Å²) in [5, 5.41) is 24.1. The lowest BCUT2D eigenvalue weighted by molar-refractivity contribution is -0.144. The Bertz CT molecular complexity index is 972. The molecule has 0 aliphatic carbocycles. The fourth-order valence-corrected chi connectivity index (χ4v) is 3.60. The van der Waals surface area contributed by atoms with Gasteiger partial charge in [-0.05, 0) is 31.6 Å². The topological polar surface area (TPSA) is 238 Å². The highest BCUT2D eigenvalue weighted by atomic mass is 16.4. The van der Waals surface area contributed by atoms with E-state index in [0.29, 0.717) is 12.8 Å². The smallest absolute Gasteiger partial charge is 0.326 e. The molecule has 0 saturated heterocycles. The summed E-state index contributed by atoms with van der Waals surface area (Å²) in [6.07, 6.45) is 1.10. The van der Waals surface area contributed by atoms with Crippen LogP contribution in [0.2, 0.25) is 0 Å². The molecule has 0 saturated carbocycles. The molecule has 9 N–H and O–H groups in total. The minimum absolute atomic E-state index is 0.236. The Hall–Kier alpha value is -3.75. The van der Waals surface area contributed by atoms with E-state index in [4.69, 9.17) is 5.73 Å². The Labute approximate surface area is 247 Å². The number of carbonyl (C=O) groups is 7. The summed E-state index contributed by atoms with van der Waals surface area (Å²) in [6, 6.07) is -4.93. The van der Waals surface area contributed by atoms with Crippen molar-refractivity contribution >= 4 is 41.4 Å². The monoisotopic (exact) mass is 599 g/mol. The molecule has 15 heteroatoms. The minimum atomic E-state index is -1.18. The first kappa shape index (κ1) is 38.2. The van der Waals surface area contributed by atoms with Gasteiger partial charge in [-0.15, -0.1) is 0 Å². The maximum Gasteiger partial charge on any atom is 0.326 e. The molecule has 0 aliphatic heterocycles. The van der Waals surface area contributed by atoms with Crippen LogP contribution in [0, 0.1) is 17.8 Å². The molecule has 6 amide bonds. The van der Waals surface area contributed by atoms with Gasteiger partial charge in [0.05, 0.1) is 19.1 Å². The van der Waals surface area contributed by atoms with Crippen LogP contribution in [-0.2, 0) is 33.6 Å². The highest BCUT2D eigenvalue weighted by Gasteiger charge is 2.31. The van der Waals surface area contributed by atoms with Crippen LogP contribution in [0.15, 0.2) is 0 Å². The van der Waals surface area contributed by atoms with Crippen LogP contribution >= 0.6 is 0 Å². The molecule has 0 aromatic carbocycles. The van der Waals surface area contributed by atoms with Crippen molar-refractivity contribution in [2.75, 3.05) is 13.1 Å². The zero-order chi connectivity index (χ0) is 32.7. The molecular weight excluding hydrogens is 550 g/mol. The van der Waals surface area contributed by atoms with Crippen molar-refractivity contribution in [2.45, 2.75) is 98.4 Å². The number of hydrogen-bond acceptors (Lipinski definition) is 8. The van der Waals surface area contributed by atoms with E-state index < -0.39 is 84.7 Å². The summed E-state index contributed by atoms with van der Waals surface area (Å²) in [5.41, 5.74) is 5.57. The number of carboxylic acid groups (broad SMARTS) is 1. The number of hydrogen-bond donors (Lipinski definition) is 8. The first-order chi connectivity index (χ1) is 19.5. The van der Waals surface area contributed by atoms with Crippen LogP contribution in [0.25, 0.3) is 0 Å². The van der Waals surface area contributed by atoms with Crippen LogP contribution in [0.5, 0.6) is 0 Å². The van der Waals surface area contributed by atoms with Crippen molar-refractivity contribution in [2.24, 2.45) is 23.5 Å². The lowest BCUT2D eigenvalue weighted by Gasteiger charge is -2.26. The van der Waals surface area contributed by atoms with Crippen LogP contribution in [0.3, 0.4) is 0 Å². The van der Waals surface area contributed by atoms with Gasteiger partial charge in [-0.3, -0.25) is 28.8 Å². The number of carbonyl (C=O) groups excluding carboxylic acids is 6. The summed E-state index contributed by atoms with van der Waals surface area (Å²) < 4.78 is 0. The fourth-order valence-electron chi connectivity index (χ4n) is 3.60. The van der Waals surface area contributed by atoms with E-state index in [1.807, 2.05) is 6.92 Å². The van der Waals surface area contributed by atoms with Gasteiger partial charge in [-0.2, -0.15) is 0 Å². The molecule has 0 heterocycles. The third-order valence-corrected chi connectivity index (χ3v) is 6.87. The number of nitrogens with one attached hydrogen (secondary N) is 6. The SMILES string of the molecule is CC[C@H](C)[C@H](NC(=O)[C@@H](NC(=O)CNC(=O)CNC(=O)[C@H](C)NC(=O)[C@@H](NC(=O)[C@H](C)N)[C@@H](C)CC)C(C)C)C(=O)O. The lowest BCUT2D eigenvalue weighted by Crippen LogP contribution is -2.57. The van der Waals surface area contributed by atoms with E-state index in [-0.39, 0.29) is 17.8 Å². The van der Waals surface area contributed by atoms with E-state index in [9.17, 15) is 38.7 Å². The third-order valence-electron chi connectivity index (χ3n) is 6.87. The van der Waals surface area contributed by atoms with Crippen LogP contribution in [-0.4, -0.2) is 89.8 Å². The van der Waals surface area contributed by atoms with Crippen LogP contribution in [0.1, 0.15) is 68.2 Å². The normalized spacial score (nSPS) is 16.0. The number of carboxylic acids is 1. The molecule has 15 nitrogen and oxygen atoms in total. The molecule has 0 aromatic rings. The Balaban J connectivity index is 4.90. The first-order valence-corrected chi connectivity index (χ1v) is 14.2. The van der Waals surface area contributed by atoms with Crippen molar-refractivity contribution in [3.8, 4) is 0 Å². The summed E-state index contributed by atoms with van der Waals surface area (Å²) in [6.45, 7) is 12.4. The summed E-state index contributed by atoms with van der Waals surface area (Å²) in [4.78, 5) is 86.0. The molecule has 0 unspecified atom stereocenters. The summed E-state index contributed by atoms with van der Waals surface area (Å²) in [5.74, 6) is -5.94. The maximum absolute atomic E-state index is 12.7. The van der Waals surface area contributed by atoms with Gasteiger partial charge in [0.1, 0.15) is 24.2 Å². The lowest BCUT2D eigenvalue weighted by atomic mass is 9.97. The van der Waals surface area contributed by atoms with Gasteiger partial charge in [0.2, 0.25) is 35.4 Å². The van der Waals surface area contributed by atoms with Gasteiger partial charge in [0.15, 0.2) is 0 Å². The average Bonchev–Trinajstić information content (AvgIpc) is 2.92. The number of nitrogens with two attached hydrogens (primary N) is 1. The van der Waals surface area contributed by atoms with Gasteiger partial charge >= 0.3 is 5.97 Å². The molecule has 0 aliphatic rings. The quantitative estimate of drug-likeness (QED) is 0.0900. The van der Waals surface area contributed by atoms with Crippen molar-refractivity contribution in [1.29, 1.82) is 0 Å². The highest BCUT2D eigenvalue weighted by Crippen LogP contribution is 2.10. The van der Waals surface area contributed by atoms with Crippen LogP contribution < -0.4 is 37.6 Å². The Morgan fingerprint density at radius 1 is 0.595 bits per heavy atom. The largest absolute Gasteiger partial charge is 0.480 e. The molecule has 0 bridgehead atoms. The molecule has 42 heavy (non-hydrogen) atoms. The minimum Gasteiger partial charge on any atom is -0.480 e. The number of amides is 6. The number of aliphatic carboxylic acids is 1. The second-order valence-electron chi connectivity index (χ2n) is 10.9. The predicted molar refractivity (Wildman–Crippen MR) is 154 cm³/mol. The van der Waals surface area contributed by atoms with E-state index in [0.717, 1.165) is 0 Å². The van der Waals surface area contributed by atoms with Crippen molar-refractivity contribution in [3.05, 3.63) is 0 Å². The Morgan fingerprint density at radius 2 is 1.07 bits per heavy atom. The van der Waals surface area contributed by atoms with Crippen molar-refractivity contribution < 1.29 is 38.7 Å². The van der Waals surface area contributed by atoms with Gasteiger partial charge in [-0.25, -0.2) is 4.79 Å². The Morgan fingerprint density at radius 3 is 1.55 bits per heavy atom. The second kappa shape index (κ2) is 18.6.